The molecule has 0 saturated carbocycles. The average Bonchev–Trinajstić information content (AvgIpc) is 2.87. The lowest BCUT2D eigenvalue weighted by molar-refractivity contribution is -0.141. The quantitative estimate of drug-likeness (QED) is 0.787. The number of benzene rings is 1. The van der Waals surface area contributed by atoms with Crippen molar-refractivity contribution in [2.75, 3.05) is 38.3 Å². The average molecular weight is 366 g/mol. The minimum atomic E-state index is -3.13. The zero-order chi connectivity index (χ0) is 18.2. The molecular weight excluding hydrogens is 340 g/mol. The minimum Gasteiger partial charge on any atom is -0.375 e. The van der Waals surface area contributed by atoms with E-state index in [1.165, 1.54) is 23.8 Å². The van der Waals surface area contributed by atoms with Gasteiger partial charge in [-0.25, -0.2) is 8.42 Å². The molecule has 1 aromatic carbocycles. The highest BCUT2D eigenvalue weighted by Gasteiger charge is 2.47. The summed E-state index contributed by atoms with van der Waals surface area (Å²) in [5.41, 5.74) is 3.67. The lowest BCUT2D eigenvalue weighted by Crippen LogP contribution is -2.60. The van der Waals surface area contributed by atoms with Crippen LogP contribution in [0.1, 0.15) is 16.7 Å². The Hall–Kier alpha value is -1.44. The summed E-state index contributed by atoms with van der Waals surface area (Å²) in [5, 5.41) is 0. The van der Waals surface area contributed by atoms with Crippen LogP contribution in [0.25, 0.3) is 0 Å². The fourth-order valence-corrected chi connectivity index (χ4v) is 5.89. The topological polar surface area (TPSA) is 66.9 Å². The molecular formula is C18H26N2O4S. The largest absolute Gasteiger partial charge is 0.375 e. The van der Waals surface area contributed by atoms with Gasteiger partial charge in [0.15, 0.2) is 9.84 Å². The molecule has 2 saturated heterocycles. The van der Waals surface area contributed by atoms with Gasteiger partial charge in [0.05, 0.1) is 17.5 Å². The Balaban J connectivity index is 1.80. The van der Waals surface area contributed by atoms with Crippen molar-refractivity contribution in [1.82, 2.24) is 9.80 Å². The first-order chi connectivity index (χ1) is 11.8. The third-order valence-corrected chi connectivity index (χ3v) is 7.03. The van der Waals surface area contributed by atoms with Crippen molar-refractivity contribution >= 4 is 15.7 Å². The number of hydrogen-bond donors (Lipinski definition) is 0. The molecule has 0 unspecified atom stereocenters. The second-order valence-electron chi connectivity index (χ2n) is 7.12. The van der Waals surface area contributed by atoms with Gasteiger partial charge in [-0.1, -0.05) is 18.2 Å². The zero-order valence-corrected chi connectivity index (χ0v) is 15.9. The van der Waals surface area contributed by atoms with E-state index < -0.39 is 9.84 Å². The fourth-order valence-electron chi connectivity index (χ4n) is 3.87. The van der Waals surface area contributed by atoms with Crippen LogP contribution >= 0.6 is 0 Å². The van der Waals surface area contributed by atoms with Crippen LogP contribution in [0.5, 0.6) is 0 Å². The Labute approximate surface area is 149 Å². The SMILES string of the molecule is COCC(=O)N1CCN(Cc2ccc(C)c(C)c2)[C@H]2CS(=O)(=O)C[C@H]21. The number of rotatable bonds is 4. The van der Waals surface area contributed by atoms with Crippen molar-refractivity contribution < 1.29 is 17.9 Å². The van der Waals surface area contributed by atoms with Crippen LogP contribution < -0.4 is 0 Å². The van der Waals surface area contributed by atoms with Gasteiger partial charge in [-0.2, -0.15) is 0 Å². The molecule has 3 rings (SSSR count). The van der Waals surface area contributed by atoms with Crippen molar-refractivity contribution in [3.8, 4) is 0 Å². The van der Waals surface area contributed by atoms with Crippen LogP contribution in [0.4, 0.5) is 0 Å². The fraction of sp³-hybridized carbons (Fsp3) is 0.611. The van der Waals surface area contributed by atoms with Crippen LogP contribution in [0, 0.1) is 13.8 Å². The third-order valence-electron chi connectivity index (χ3n) is 5.34. The normalized spacial score (nSPS) is 25.8. The summed E-state index contributed by atoms with van der Waals surface area (Å²) in [6, 6.07) is 5.96. The molecule has 7 heteroatoms. The van der Waals surface area contributed by atoms with Crippen molar-refractivity contribution in [3.63, 3.8) is 0 Å². The second kappa shape index (κ2) is 7.05. The Morgan fingerprint density at radius 1 is 1.16 bits per heavy atom. The smallest absolute Gasteiger partial charge is 0.248 e. The number of nitrogens with zero attached hydrogens (tertiary/aromatic N) is 2. The molecule has 0 aromatic heterocycles. The van der Waals surface area contributed by atoms with Crippen LogP contribution in [0.15, 0.2) is 18.2 Å². The van der Waals surface area contributed by atoms with E-state index in [9.17, 15) is 13.2 Å². The van der Waals surface area contributed by atoms with Gasteiger partial charge in [0, 0.05) is 32.8 Å². The molecule has 0 spiro atoms. The number of piperazine rings is 1. The molecule has 2 heterocycles. The predicted molar refractivity (Wildman–Crippen MR) is 96.1 cm³/mol. The monoisotopic (exact) mass is 366 g/mol. The molecule has 2 atom stereocenters. The molecule has 2 aliphatic rings. The van der Waals surface area contributed by atoms with E-state index in [-0.39, 0.29) is 36.1 Å². The highest BCUT2D eigenvalue weighted by atomic mass is 32.2. The molecule has 0 radical (unpaired) electrons. The van der Waals surface area contributed by atoms with Crippen LogP contribution in [0.2, 0.25) is 0 Å². The van der Waals surface area contributed by atoms with E-state index in [1.807, 2.05) is 0 Å². The molecule has 25 heavy (non-hydrogen) atoms. The van der Waals surface area contributed by atoms with Crippen molar-refractivity contribution in [1.29, 1.82) is 0 Å². The number of methoxy groups -OCH3 is 1. The van der Waals surface area contributed by atoms with Gasteiger partial charge in [-0.15, -0.1) is 0 Å². The Morgan fingerprint density at radius 2 is 1.88 bits per heavy atom. The molecule has 0 aliphatic carbocycles. The standard InChI is InChI=1S/C18H26N2O4S/c1-13-4-5-15(8-14(13)2)9-19-6-7-20(18(21)10-24-3)17-12-25(22,23)11-16(17)19/h4-5,8,16-17H,6-7,9-12H2,1-3H3/t16-,17+/m0/s1. The number of hydrogen-bond acceptors (Lipinski definition) is 5. The van der Waals surface area contributed by atoms with Crippen LogP contribution in [0.3, 0.4) is 0 Å². The first-order valence-corrected chi connectivity index (χ1v) is 10.4. The summed E-state index contributed by atoms with van der Waals surface area (Å²) in [6.07, 6.45) is 0. The number of amides is 1. The molecule has 6 nitrogen and oxygen atoms in total. The number of carbonyl (C=O) groups is 1. The Morgan fingerprint density at radius 3 is 2.56 bits per heavy atom. The first kappa shape index (κ1) is 18.4. The maximum atomic E-state index is 12.3. The maximum absolute atomic E-state index is 12.3. The minimum absolute atomic E-state index is 0.000421. The second-order valence-corrected chi connectivity index (χ2v) is 9.27. The predicted octanol–water partition coefficient (Wildman–Crippen LogP) is 0.760. The van der Waals surface area contributed by atoms with E-state index in [2.05, 4.69) is 36.9 Å². The van der Waals surface area contributed by atoms with Gasteiger partial charge in [-0.3, -0.25) is 9.69 Å². The van der Waals surface area contributed by atoms with Crippen molar-refractivity contribution in [3.05, 3.63) is 34.9 Å². The van der Waals surface area contributed by atoms with Gasteiger partial charge < -0.3 is 9.64 Å². The maximum Gasteiger partial charge on any atom is 0.248 e. The van der Waals surface area contributed by atoms with Gasteiger partial charge in [0.2, 0.25) is 5.91 Å². The first-order valence-electron chi connectivity index (χ1n) is 8.60. The molecule has 0 N–H and O–H groups in total. The highest BCUT2D eigenvalue weighted by molar-refractivity contribution is 7.91. The Bertz CT molecular complexity index is 762. The lowest BCUT2D eigenvalue weighted by Gasteiger charge is -2.44. The lowest BCUT2D eigenvalue weighted by atomic mass is 10.0. The van der Waals surface area contributed by atoms with Crippen molar-refractivity contribution in [2.45, 2.75) is 32.5 Å². The zero-order valence-electron chi connectivity index (χ0n) is 15.1. The molecule has 138 valence electrons. The summed E-state index contributed by atoms with van der Waals surface area (Å²) in [7, 11) is -1.64. The molecule has 1 aromatic rings. The summed E-state index contributed by atoms with van der Waals surface area (Å²) in [5.74, 6) is 0.0518. The highest BCUT2D eigenvalue weighted by Crippen LogP contribution is 2.28. The number of ether oxygens (including phenoxy) is 1. The number of carbonyl (C=O) groups excluding carboxylic acids is 1. The van der Waals surface area contributed by atoms with E-state index in [4.69, 9.17) is 4.74 Å². The molecule has 2 aliphatic heterocycles. The van der Waals surface area contributed by atoms with Crippen LogP contribution in [-0.2, 0) is 25.9 Å². The number of aryl methyl sites for hydroxylation is 2. The molecule has 1 amide bonds. The van der Waals surface area contributed by atoms with Crippen LogP contribution in [-0.4, -0.2) is 74.5 Å². The third kappa shape index (κ3) is 3.88. The molecule has 2 fully saturated rings. The van der Waals surface area contributed by atoms with E-state index in [0.29, 0.717) is 19.6 Å². The van der Waals surface area contributed by atoms with Gasteiger partial charge in [0.1, 0.15) is 6.61 Å². The number of sulfone groups is 1. The van der Waals surface area contributed by atoms with Gasteiger partial charge >= 0.3 is 0 Å². The van der Waals surface area contributed by atoms with Crippen molar-refractivity contribution in [2.24, 2.45) is 0 Å². The molecule has 0 bridgehead atoms. The summed E-state index contributed by atoms with van der Waals surface area (Å²) in [6.45, 7) is 6.11. The van der Waals surface area contributed by atoms with E-state index >= 15 is 0 Å². The van der Waals surface area contributed by atoms with E-state index in [1.54, 1.807) is 4.90 Å². The van der Waals surface area contributed by atoms with Gasteiger partial charge in [-0.05, 0) is 30.5 Å². The summed E-state index contributed by atoms with van der Waals surface area (Å²) < 4.78 is 29.4. The summed E-state index contributed by atoms with van der Waals surface area (Å²) >= 11 is 0. The Kier molecular flexibility index (Phi) is 5.18. The number of fused-ring (bicyclic) bond motifs is 1. The summed E-state index contributed by atoms with van der Waals surface area (Å²) in [4.78, 5) is 16.2. The van der Waals surface area contributed by atoms with E-state index in [0.717, 1.165) is 0 Å². The van der Waals surface area contributed by atoms with Gasteiger partial charge in [0.25, 0.3) is 0 Å².